The molecule has 1 aromatic carbocycles. The zero-order chi connectivity index (χ0) is 18.7. The Morgan fingerprint density at radius 1 is 1.35 bits per heavy atom. The van der Waals surface area contributed by atoms with Gasteiger partial charge in [-0.05, 0) is 17.5 Å². The van der Waals surface area contributed by atoms with Crippen molar-refractivity contribution in [1.29, 1.82) is 5.26 Å². The van der Waals surface area contributed by atoms with Crippen LogP contribution in [0.2, 0.25) is 0 Å². The Balaban J connectivity index is 1.84. The van der Waals surface area contributed by atoms with Gasteiger partial charge in [-0.15, -0.1) is 11.6 Å². The molecule has 0 bridgehead atoms. The molecule has 0 unspecified atom stereocenters. The molecule has 134 valence electrons. The molecule has 0 amide bonds. The first kappa shape index (κ1) is 18.0. The van der Waals surface area contributed by atoms with E-state index in [1.165, 1.54) is 18.8 Å². The number of rotatable bonds is 4. The maximum atomic E-state index is 12.1. The molecule has 1 aliphatic heterocycles. The standard InChI is InChI=1S/C19H20ClN5O/c1-24-11-15(14-5-3-13(8-20)4-6-14)7-16(12-24)23-18-10-22-25(2)19(26)17(18)9-21/h3-6,10,12,15,23H,7-8,11H2,1-2H3/t15-/m0/s1. The molecule has 2 aromatic rings. The summed E-state index contributed by atoms with van der Waals surface area (Å²) >= 11 is 5.87. The summed E-state index contributed by atoms with van der Waals surface area (Å²) in [6.45, 7) is 0.894. The Kier molecular flexibility index (Phi) is 5.29. The molecule has 0 aliphatic carbocycles. The van der Waals surface area contributed by atoms with Gasteiger partial charge in [-0.25, -0.2) is 4.68 Å². The molecule has 2 heterocycles. The van der Waals surface area contributed by atoms with E-state index < -0.39 is 5.56 Å². The molecule has 0 fully saturated rings. The third-order valence-corrected chi connectivity index (χ3v) is 4.81. The third-order valence-electron chi connectivity index (χ3n) is 4.50. The predicted octanol–water partition coefficient (Wildman–Crippen LogP) is 2.76. The number of halogens is 1. The molecule has 1 aliphatic rings. The molecule has 0 saturated carbocycles. The van der Waals surface area contributed by atoms with E-state index in [4.69, 9.17) is 11.6 Å². The molecule has 6 nitrogen and oxygen atoms in total. The molecule has 26 heavy (non-hydrogen) atoms. The molecule has 1 N–H and O–H groups in total. The van der Waals surface area contributed by atoms with Crippen molar-refractivity contribution in [3.8, 4) is 6.07 Å². The van der Waals surface area contributed by atoms with E-state index in [9.17, 15) is 10.1 Å². The number of hydrogen-bond donors (Lipinski definition) is 1. The summed E-state index contributed by atoms with van der Waals surface area (Å²) in [5.41, 5.74) is 3.37. The van der Waals surface area contributed by atoms with Crippen molar-refractivity contribution in [2.24, 2.45) is 7.05 Å². The van der Waals surface area contributed by atoms with Crippen LogP contribution in [0.5, 0.6) is 0 Å². The Bertz CT molecular complexity index is 926. The number of benzene rings is 1. The van der Waals surface area contributed by atoms with Crippen molar-refractivity contribution in [1.82, 2.24) is 14.7 Å². The smallest absolute Gasteiger partial charge is 0.286 e. The summed E-state index contributed by atoms with van der Waals surface area (Å²) in [6.07, 6.45) is 4.30. The number of aryl methyl sites for hydroxylation is 1. The molecule has 1 atom stereocenters. The minimum absolute atomic E-state index is 0.0691. The topological polar surface area (TPSA) is 74.0 Å². The van der Waals surface area contributed by atoms with Crippen molar-refractivity contribution < 1.29 is 0 Å². The normalized spacial score (nSPS) is 16.8. The summed E-state index contributed by atoms with van der Waals surface area (Å²) in [7, 11) is 3.54. The molecular weight excluding hydrogens is 350 g/mol. The van der Waals surface area contributed by atoms with Crippen LogP contribution in [0.1, 0.15) is 29.0 Å². The number of nitriles is 1. The highest BCUT2D eigenvalue weighted by Gasteiger charge is 2.21. The van der Waals surface area contributed by atoms with Crippen LogP contribution in [-0.4, -0.2) is 28.3 Å². The first-order valence-electron chi connectivity index (χ1n) is 8.31. The highest BCUT2D eigenvalue weighted by atomic mass is 35.5. The zero-order valence-electron chi connectivity index (χ0n) is 14.7. The Hall–Kier alpha value is -2.78. The van der Waals surface area contributed by atoms with E-state index in [2.05, 4.69) is 27.4 Å². The molecule has 1 aromatic heterocycles. The second kappa shape index (κ2) is 7.63. The van der Waals surface area contributed by atoms with Gasteiger partial charge in [0.2, 0.25) is 0 Å². The lowest BCUT2D eigenvalue weighted by Gasteiger charge is -2.31. The van der Waals surface area contributed by atoms with Crippen molar-refractivity contribution in [2.45, 2.75) is 18.2 Å². The maximum Gasteiger partial charge on any atom is 0.286 e. The number of alkyl halides is 1. The van der Waals surface area contributed by atoms with Crippen LogP contribution in [0, 0.1) is 11.3 Å². The van der Waals surface area contributed by atoms with Gasteiger partial charge in [0.05, 0.1) is 11.9 Å². The Labute approximate surface area is 157 Å². The van der Waals surface area contributed by atoms with Crippen molar-refractivity contribution in [3.05, 3.63) is 69.4 Å². The van der Waals surface area contributed by atoms with E-state index >= 15 is 0 Å². The number of nitrogens with zero attached hydrogens (tertiary/aromatic N) is 4. The van der Waals surface area contributed by atoms with E-state index in [0.29, 0.717) is 17.5 Å². The van der Waals surface area contributed by atoms with Crippen LogP contribution in [0.15, 0.2) is 47.2 Å². The Morgan fingerprint density at radius 2 is 2.08 bits per heavy atom. The number of allylic oxidation sites excluding steroid dienone is 1. The van der Waals surface area contributed by atoms with Crippen molar-refractivity contribution >= 4 is 17.3 Å². The third kappa shape index (κ3) is 3.73. The fourth-order valence-electron chi connectivity index (χ4n) is 3.15. The maximum absolute atomic E-state index is 12.1. The molecule has 0 radical (unpaired) electrons. The van der Waals surface area contributed by atoms with Crippen LogP contribution in [0.25, 0.3) is 0 Å². The lowest BCUT2D eigenvalue weighted by Crippen LogP contribution is -2.28. The van der Waals surface area contributed by atoms with Crippen molar-refractivity contribution in [2.75, 3.05) is 18.9 Å². The number of aromatic nitrogens is 2. The average Bonchev–Trinajstić information content (AvgIpc) is 2.65. The summed E-state index contributed by atoms with van der Waals surface area (Å²) in [4.78, 5) is 14.2. The predicted molar refractivity (Wildman–Crippen MR) is 102 cm³/mol. The van der Waals surface area contributed by atoms with Crippen LogP contribution >= 0.6 is 11.6 Å². The molecular formula is C19H20ClN5O. The number of anilines is 1. The van der Waals surface area contributed by atoms with Gasteiger partial charge >= 0.3 is 0 Å². The fourth-order valence-corrected chi connectivity index (χ4v) is 3.33. The van der Waals surface area contributed by atoms with Crippen LogP contribution in [0.3, 0.4) is 0 Å². The monoisotopic (exact) mass is 369 g/mol. The highest BCUT2D eigenvalue weighted by molar-refractivity contribution is 6.17. The highest BCUT2D eigenvalue weighted by Crippen LogP contribution is 2.30. The molecule has 0 saturated heterocycles. The SMILES string of the molecule is CN1C=C(Nc2cnn(C)c(=O)c2C#N)C[C@H](c2ccc(CCl)cc2)C1. The van der Waals surface area contributed by atoms with Gasteiger partial charge in [-0.1, -0.05) is 24.3 Å². The van der Waals surface area contributed by atoms with E-state index in [-0.39, 0.29) is 5.56 Å². The van der Waals surface area contributed by atoms with Crippen LogP contribution in [0.4, 0.5) is 5.69 Å². The van der Waals surface area contributed by atoms with E-state index in [0.717, 1.165) is 28.9 Å². The quantitative estimate of drug-likeness (QED) is 0.839. The van der Waals surface area contributed by atoms with Gasteiger partial charge in [0.25, 0.3) is 5.56 Å². The molecule has 0 spiro atoms. The number of hydrogen-bond acceptors (Lipinski definition) is 5. The van der Waals surface area contributed by atoms with Gasteiger partial charge in [0.15, 0.2) is 0 Å². The van der Waals surface area contributed by atoms with E-state index in [1.54, 1.807) is 0 Å². The summed E-state index contributed by atoms with van der Waals surface area (Å²) in [5, 5.41) is 16.5. The van der Waals surface area contributed by atoms with E-state index in [1.807, 2.05) is 31.4 Å². The first-order chi connectivity index (χ1) is 12.5. The van der Waals surface area contributed by atoms with Gasteiger partial charge in [0, 0.05) is 44.3 Å². The van der Waals surface area contributed by atoms with Crippen LogP contribution < -0.4 is 10.9 Å². The molecule has 3 rings (SSSR count). The summed E-state index contributed by atoms with van der Waals surface area (Å²) < 4.78 is 1.16. The Morgan fingerprint density at radius 3 is 2.73 bits per heavy atom. The average molecular weight is 370 g/mol. The van der Waals surface area contributed by atoms with Crippen LogP contribution in [-0.2, 0) is 12.9 Å². The fraction of sp³-hybridized carbons (Fsp3) is 0.316. The summed E-state index contributed by atoms with van der Waals surface area (Å²) in [5.74, 6) is 0.812. The molecule has 7 heteroatoms. The number of likely N-dealkylation sites (N-methyl/N-ethyl adjacent to an activating group) is 1. The second-order valence-electron chi connectivity index (χ2n) is 6.47. The van der Waals surface area contributed by atoms with Gasteiger partial charge in [-0.2, -0.15) is 10.4 Å². The first-order valence-corrected chi connectivity index (χ1v) is 8.84. The number of nitrogens with one attached hydrogen (secondary N) is 1. The lowest BCUT2D eigenvalue weighted by molar-refractivity contribution is 0.381. The lowest BCUT2D eigenvalue weighted by atomic mass is 9.91. The second-order valence-corrected chi connectivity index (χ2v) is 6.74. The van der Waals surface area contributed by atoms with Gasteiger partial charge in [0.1, 0.15) is 11.6 Å². The van der Waals surface area contributed by atoms with Gasteiger partial charge in [-0.3, -0.25) is 4.79 Å². The largest absolute Gasteiger partial charge is 0.378 e. The summed E-state index contributed by atoms with van der Waals surface area (Å²) in [6, 6.07) is 10.3. The zero-order valence-corrected chi connectivity index (χ0v) is 15.5. The minimum Gasteiger partial charge on any atom is -0.378 e. The minimum atomic E-state index is -0.407. The van der Waals surface area contributed by atoms with Crippen molar-refractivity contribution in [3.63, 3.8) is 0 Å². The van der Waals surface area contributed by atoms with Gasteiger partial charge < -0.3 is 10.2 Å².